The van der Waals surface area contributed by atoms with E-state index in [0.29, 0.717) is 19.4 Å². The monoisotopic (exact) mass is 237 g/mol. The summed E-state index contributed by atoms with van der Waals surface area (Å²) in [4.78, 5) is 11.8. The second-order valence-corrected chi connectivity index (χ2v) is 3.88. The summed E-state index contributed by atoms with van der Waals surface area (Å²) in [5.74, 6) is 0.774. The molecule has 0 bridgehead atoms. The van der Waals surface area contributed by atoms with E-state index >= 15 is 0 Å². The molecule has 0 aliphatic heterocycles. The third-order valence-corrected chi connectivity index (χ3v) is 2.56. The molecule has 0 amide bonds. The van der Waals surface area contributed by atoms with Gasteiger partial charge in [-0.3, -0.25) is 4.79 Å². The van der Waals surface area contributed by atoms with E-state index in [1.165, 1.54) is 0 Å². The normalized spacial score (nSPS) is 12.2. The second kappa shape index (κ2) is 7.04. The zero-order valence-corrected chi connectivity index (χ0v) is 10.3. The molecule has 0 saturated heterocycles. The number of methoxy groups -OCH3 is 2. The van der Waals surface area contributed by atoms with Crippen LogP contribution in [-0.2, 0) is 16.0 Å². The van der Waals surface area contributed by atoms with Crippen LogP contribution in [0.4, 0.5) is 0 Å². The van der Waals surface area contributed by atoms with Crippen molar-refractivity contribution in [3.8, 4) is 5.75 Å². The molecule has 0 aliphatic carbocycles. The molecule has 1 unspecified atom stereocenters. The highest BCUT2D eigenvalue weighted by Gasteiger charge is 2.13. The average Bonchev–Trinajstić information content (AvgIpc) is 2.36. The van der Waals surface area contributed by atoms with E-state index in [2.05, 4.69) is 0 Å². The number of ether oxygens (including phenoxy) is 2. The van der Waals surface area contributed by atoms with Gasteiger partial charge in [0.05, 0.1) is 13.2 Å². The van der Waals surface area contributed by atoms with Crippen LogP contribution in [0.2, 0.25) is 0 Å². The van der Waals surface area contributed by atoms with E-state index in [0.717, 1.165) is 11.3 Å². The number of ketones is 1. The van der Waals surface area contributed by atoms with Gasteiger partial charge in [-0.15, -0.1) is 0 Å². The van der Waals surface area contributed by atoms with Gasteiger partial charge in [-0.1, -0.05) is 12.1 Å². The number of carbonyl (C=O) groups excluding carboxylic acids is 1. The van der Waals surface area contributed by atoms with Gasteiger partial charge in [0.25, 0.3) is 0 Å². The van der Waals surface area contributed by atoms with Crippen LogP contribution >= 0.6 is 0 Å². The highest BCUT2D eigenvalue weighted by molar-refractivity contribution is 5.85. The Morgan fingerprint density at radius 3 is 2.82 bits per heavy atom. The van der Waals surface area contributed by atoms with Crippen LogP contribution in [0.1, 0.15) is 12.0 Å². The molecule has 0 heterocycles. The SMILES string of the molecule is COCCC(N)C(=O)Cc1cccc(OC)c1. The number of benzene rings is 1. The Morgan fingerprint density at radius 1 is 1.41 bits per heavy atom. The summed E-state index contributed by atoms with van der Waals surface area (Å²) in [5, 5.41) is 0. The zero-order chi connectivity index (χ0) is 12.7. The lowest BCUT2D eigenvalue weighted by atomic mass is 10.0. The quantitative estimate of drug-likeness (QED) is 0.773. The summed E-state index contributed by atoms with van der Waals surface area (Å²) in [6.45, 7) is 0.505. The molecular formula is C13H19NO3. The van der Waals surface area contributed by atoms with Gasteiger partial charge in [0.15, 0.2) is 5.78 Å². The Labute approximate surface area is 102 Å². The molecule has 0 aromatic heterocycles. The molecule has 1 atom stereocenters. The van der Waals surface area contributed by atoms with Crippen molar-refractivity contribution in [3.63, 3.8) is 0 Å². The van der Waals surface area contributed by atoms with Crippen LogP contribution < -0.4 is 10.5 Å². The van der Waals surface area contributed by atoms with Crippen molar-refractivity contribution >= 4 is 5.78 Å². The Balaban J connectivity index is 2.54. The number of carbonyl (C=O) groups is 1. The third-order valence-electron chi connectivity index (χ3n) is 2.56. The summed E-state index contributed by atoms with van der Waals surface area (Å²) in [6.07, 6.45) is 0.890. The topological polar surface area (TPSA) is 61.5 Å². The molecule has 1 aromatic rings. The number of nitrogens with two attached hydrogens (primary N) is 1. The molecule has 1 rings (SSSR count). The Hall–Kier alpha value is -1.39. The minimum Gasteiger partial charge on any atom is -0.497 e. The first-order valence-electron chi connectivity index (χ1n) is 5.57. The summed E-state index contributed by atoms with van der Waals surface area (Å²) in [5.41, 5.74) is 6.68. The maximum atomic E-state index is 11.8. The van der Waals surface area contributed by atoms with Crippen molar-refractivity contribution in [1.82, 2.24) is 0 Å². The standard InChI is InChI=1S/C13H19NO3/c1-16-7-6-12(14)13(15)9-10-4-3-5-11(8-10)17-2/h3-5,8,12H,6-7,9,14H2,1-2H3. The smallest absolute Gasteiger partial charge is 0.153 e. The van der Waals surface area contributed by atoms with Gasteiger partial charge < -0.3 is 15.2 Å². The van der Waals surface area contributed by atoms with Crippen molar-refractivity contribution < 1.29 is 14.3 Å². The first-order valence-corrected chi connectivity index (χ1v) is 5.57. The Kier molecular flexibility index (Phi) is 5.66. The van der Waals surface area contributed by atoms with Crippen LogP contribution in [0.3, 0.4) is 0 Å². The van der Waals surface area contributed by atoms with Crippen LogP contribution in [0, 0.1) is 0 Å². The number of Topliss-reactive ketones (excluding diaryl/α,β-unsaturated/α-hetero) is 1. The molecule has 0 radical (unpaired) electrons. The average molecular weight is 237 g/mol. The Bertz CT molecular complexity index is 365. The molecule has 4 heteroatoms. The second-order valence-electron chi connectivity index (χ2n) is 3.88. The van der Waals surface area contributed by atoms with Crippen molar-refractivity contribution in [3.05, 3.63) is 29.8 Å². The van der Waals surface area contributed by atoms with E-state index in [1.54, 1.807) is 14.2 Å². The Morgan fingerprint density at radius 2 is 2.18 bits per heavy atom. The van der Waals surface area contributed by atoms with Gasteiger partial charge in [-0.25, -0.2) is 0 Å². The molecule has 2 N–H and O–H groups in total. The fourth-order valence-electron chi connectivity index (χ4n) is 1.52. The fourth-order valence-corrected chi connectivity index (χ4v) is 1.52. The fraction of sp³-hybridized carbons (Fsp3) is 0.462. The van der Waals surface area contributed by atoms with Crippen LogP contribution in [0.5, 0.6) is 5.75 Å². The minimum atomic E-state index is -0.457. The predicted octanol–water partition coefficient (Wildman–Crippen LogP) is 1.17. The van der Waals surface area contributed by atoms with Crippen LogP contribution in [0.15, 0.2) is 24.3 Å². The molecule has 17 heavy (non-hydrogen) atoms. The molecule has 0 fully saturated rings. The van der Waals surface area contributed by atoms with Gasteiger partial charge >= 0.3 is 0 Å². The molecular weight excluding hydrogens is 218 g/mol. The van der Waals surface area contributed by atoms with Crippen molar-refractivity contribution in [2.24, 2.45) is 5.73 Å². The summed E-state index contributed by atoms with van der Waals surface area (Å²) in [6, 6.07) is 6.99. The molecule has 0 spiro atoms. The summed E-state index contributed by atoms with van der Waals surface area (Å²) < 4.78 is 10.00. The lowest BCUT2D eigenvalue weighted by molar-refractivity contribution is -0.120. The maximum Gasteiger partial charge on any atom is 0.153 e. The van der Waals surface area contributed by atoms with Crippen molar-refractivity contribution in [2.75, 3.05) is 20.8 Å². The van der Waals surface area contributed by atoms with Gasteiger partial charge in [0.1, 0.15) is 5.75 Å². The number of hydrogen-bond donors (Lipinski definition) is 1. The summed E-state index contributed by atoms with van der Waals surface area (Å²) >= 11 is 0. The molecule has 4 nitrogen and oxygen atoms in total. The largest absolute Gasteiger partial charge is 0.497 e. The lowest BCUT2D eigenvalue weighted by Crippen LogP contribution is -2.32. The molecule has 1 aromatic carbocycles. The highest BCUT2D eigenvalue weighted by atomic mass is 16.5. The van der Waals surface area contributed by atoms with Gasteiger partial charge in [0.2, 0.25) is 0 Å². The van der Waals surface area contributed by atoms with Gasteiger partial charge in [-0.2, -0.15) is 0 Å². The molecule has 0 aliphatic rings. The zero-order valence-electron chi connectivity index (χ0n) is 10.3. The molecule has 0 saturated carbocycles. The number of hydrogen-bond acceptors (Lipinski definition) is 4. The lowest BCUT2D eigenvalue weighted by Gasteiger charge is -2.10. The van der Waals surface area contributed by atoms with Gasteiger partial charge in [-0.05, 0) is 24.1 Å². The van der Waals surface area contributed by atoms with E-state index < -0.39 is 6.04 Å². The third kappa shape index (κ3) is 4.54. The first kappa shape index (κ1) is 13.7. The number of rotatable bonds is 7. The van der Waals surface area contributed by atoms with Crippen molar-refractivity contribution in [1.29, 1.82) is 0 Å². The van der Waals surface area contributed by atoms with Crippen molar-refractivity contribution in [2.45, 2.75) is 18.9 Å². The van der Waals surface area contributed by atoms with Gasteiger partial charge in [0, 0.05) is 20.1 Å². The minimum absolute atomic E-state index is 0.0234. The van der Waals surface area contributed by atoms with Crippen LogP contribution in [0.25, 0.3) is 0 Å². The first-order chi connectivity index (χ1) is 8.17. The van der Waals surface area contributed by atoms with E-state index in [-0.39, 0.29) is 5.78 Å². The predicted molar refractivity (Wildman–Crippen MR) is 66.2 cm³/mol. The van der Waals surface area contributed by atoms with E-state index in [4.69, 9.17) is 15.2 Å². The van der Waals surface area contributed by atoms with E-state index in [1.807, 2.05) is 24.3 Å². The maximum absolute atomic E-state index is 11.8. The van der Waals surface area contributed by atoms with E-state index in [9.17, 15) is 4.79 Å². The molecule has 94 valence electrons. The van der Waals surface area contributed by atoms with Crippen LogP contribution in [-0.4, -0.2) is 32.7 Å². The highest BCUT2D eigenvalue weighted by Crippen LogP contribution is 2.13. The summed E-state index contributed by atoms with van der Waals surface area (Å²) in [7, 11) is 3.20.